The molecule has 4 atom stereocenters. The van der Waals surface area contributed by atoms with Gasteiger partial charge in [-0.15, -0.1) is 0 Å². The van der Waals surface area contributed by atoms with Crippen molar-refractivity contribution in [2.24, 2.45) is 0 Å². The van der Waals surface area contributed by atoms with Crippen LogP contribution in [0.2, 0.25) is 0 Å². The molecular weight excluding hydrogens is 306 g/mol. The van der Waals surface area contributed by atoms with Crippen molar-refractivity contribution in [3.05, 3.63) is 16.7 Å². The van der Waals surface area contributed by atoms with Crippen molar-refractivity contribution in [3.63, 3.8) is 0 Å². The van der Waals surface area contributed by atoms with E-state index < -0.39 is 17.4 Å². The van der Waals surface area contributed by atoms with E-state index >= 15 is 0 Å². The van der Waals surface area contributed by atoms with Gasteiger partial charge < -0.3 is 24.7 Å². The Morgan fingerprint density at radius 3 is 3.13 bits per heavy atom. The van der Waals surface area contributed by atoms with E-state index in [1.807, 2.05) is 0 Å². The lowest BCUT2D eigenvalue weighted by atomic mass is 10.0. The van der Waals surface area contributed by atoms with Crippen LogP contribution in [0, 0.1) is 0 Å². The predicted molar refractivity (Wildman–Crippen MR) is 77.8 cm³/mol. The second-order valence-corrected chi connectivity index (χ2v) is 5.71. The van der Waals surface area contributed by atoms with Gasteiger partial charge in [0.2, 0.25) is 5.95 Å². The number of fused-ring (bicyclic) bond motifs is 3. The second-order valence-electron chi connectivity index (χ2n) is 5.71. The number of H-pyrrole nitrogens is 1. The van der Waals surface area contributed by atoms with Crippen LogP contribution >= 0.6 is 0 Å². The van der Waals surface area contributed by atoms with E-state index in [-0.39, 0.29) is 23.7 Å². The van der Waals surface area contributed by atoms with Crippen LogP contribution in [-0.2, 0) is 18.9 Å². The molecule has 0 radical (unpaired) electrons. The molecule has 0 aliphatic carbocycles. The second kappa shape index (κ2) is 4.99. The summed E-state index contributed by atoms with van der Waals surface area (Å²) in [5, 5.41) is 0. The van der Waals surface area contributed by atoms with Crippen LogP contribution in [0.4, 0.5) is 5.95 Å². The lowest BCUT2D eigenvalue weighted by molar-refractivity contribution is -0.189. The molecule has 2 aromatic rings. The Morgan fingerprint density at radius 2 is 2.39 bits per heavy atom. The minimum atomic E-state index is -0.692. The first kappa shape index (κ1) is 14.6. The molecule has 2 aromatic heterocycles. The SMILES string of the molecule is COC[C@@]12CO[C@@H](C1OC)[C@H](n1cnc3c(=O)[nH]c(N)nc31)O2. The van der Waals surface area contributed by atoms with E-state index in [2.05, 4.69) is 15.0 Å². The van der Waals surface area contributed by atoms with E-state index in [0.717, 1.165) is 0 Å². The molecule has 0 spiro atoms. The van der Waals surface area contributed by atoms with Gasteiger partial charge in [-0.3, -0.25) is 14.3 Å². The number of imidazole rings is 1. The smallest absolute Gasteiger partial charge is 0.280 e. The number of nitrogen functional groups attached to an aromatic ring is 1. The van der Waals surface area contributed by atoms with Gasteiger partial charge in [0.25, 0.3) is 5.56 Å². The topological polar surface area (TPSA) is 127 Å². The van der Waals surface area contributed by atoms with Crippen molar-refractivity contribution in [1.29, 1.82) is 0 Å². The maximum atomic E-state index is 11.9. The molecule has 10 nitrogen and oxygen atoms in total. The number of aromatic amines is 1. The normalized spacial score (nSPS) is 32.9. The lowest BCUT2D eigenvalue weighted by Gasteiger charge is -2.30. The monoisotopic (exact) mass is 323 g/mol. The van der Waals surface area contributed by atoms with E-state index in [0.29, 0.717) is 18.9 Å². The average Bonchev–Trinajstić information content (AvgIpc) is 3.15. The lowest BCUT2D eigenvalue weighted by Crippen LogP contribution is -2.45. The third kappa shape index (κ3) is 1.92. The fourth-order valence-electron chi connectivity index (χ4n) is 3.44. The van der Waals surface area contributed by atoms with Gasteiger partial charge in [-0.1, -0.05) is 0 Å². The quantitative estimate of drug-likeness (QED) is 0.736. The number of hydrogen-bond donors (Lipinski definition) is 2. The summed E-state index contributed by atoms with van der Waals surface area (Å²) in [6, 6.07) is 0. The standard InChI is InChI=1S/C13H17N5O5/c1-20-3-13-4-22-7(8(13)21-2)11(23-13)18-5-15-6-9(18)16-12(14)17-10(6)19/h5,7-8,11H,3-4H2,1-2H3,(H3,14,16,17,19)/t7-,8?,11+,13+/m0/s1. The molecule has 0 aromatic carbocycles. The molecule has 2 bridgehead atoms. The summed E-state index contributed by atoms with van der Waals surface area (Å²) in [5.41, 5.74) is 5.08. The highest BCUT2D eigenvalue weighted by Crippen LogP contribution is 2.46. The first-order valence-corrected chi connectivity index (χ1v) is 7.13. The number of methoxy groups -OCH3 is 2. The molecule has 10 heteroatoms. The van der Waals surface area contributed by atoms with Crippen molar-refractivity contribution < 1.29 is 18.9 Å². The van der Waals surface area contributed by atoms with E-state index in [1.54, 1.807) is 18.8 Å². The van der Waals surface area contributed by atoms with Gasteiger partial charge in [0.05, 0.1) is 19.5 Å². The Labute approximate surface area is 130 Å². The highest BCUT2D eigenvalue weighted by molar-refractivity contribution is 5.70. The fraction of sp³-hybridized carbons (Fsp3) is 0.615. The molecule has 124 valence electrons. The van der Waals surface area contributed by atoms with Gasteiger partial charge in [0, 0.05) is 14.2 Å². The third-order valence-electron chi connectivity index (χ3n) is 4.34. The van der Waals surface area contributed by atoms with Crippen molar-refractivity contribution in [1.82, 2.24) is 19.5 Å². The number of ether oxygens (including phenoxy) is 4. The molecule has 2 aliphatic rings. The minimum absolute atomic E-state index is 0.0169. The zero-order valence-electron chi connectivity index (χ0n) is 12.7. The van der Waals surface area contributed by atoms with Crippen molar-refractivity contribution >= 4 is 17.1 Å². The number of hydrogen-bond acceptors (Lipinski definition) is 8. The van der Waals surface area contributed by atoms with Crippen LogP contribution in [0.3, 0.4) is 0 Å². The molecule has 2 fully saturated rings. The molecule has 2 saturated heterocycles. The Balaban J connectivity index is 1.79. The summed E-state index contributed by atoms with van der Waals surface area (Å²) in [6.45, 7) is 0.713. The summed E-state index contributed by atoms with van der Waals surface area (Å²) >= 11 is 0. The molecule has 4 heterocycles. The number of anilines is 1. The van der Waals surface area contributed by atoms with Gasteiger partial charge in [0.15, 0.2) is 17.4 Å². The zero-order chi connectivity index (χ0) is 16.2. The first-order chi connectivity index (χ1) is 11.1. The Bertz CT molecular complexity index is 804. The Kier molecular flexibility index (Phi) is 3.17. The zero-order valence-corrected chi connectivity index (χ0v) is 12.7. The molecule has 3 N–H and O–H groups in total. The molecule has 0 amide bonds. The van der Waals surface area contributed by atoms with Gasteiger partial charge >= 0.3 is 0 Å². The highest BCUT2D eigenvalue weighted by Gasteiger charge is 2.63. The third-order valence-corrected chi connectivity index (χ3v) is 4.34. The Hall–Kier alpha value is -2.01. The minimum Gasteiger partial charge on any atom is -0.381 e. The van der Waals surface area contributed by atoms with Gasteiger partial charge in [-0.2, -0.15) is 4.98 Å². The summed E-state index contributed by atoms with van der Waals surface area (Å²) in [6.07, 6.45) is 0.329. The van der Waals surface area contributed by atoms with E-state index in [4.69, 9.17) is 24.7 Å². The molecule has 2 aliphatic heterocycles. The van der Waals surface area contributed by atoms with Crippen LogP contribution in [-0.4, -0.2) is 64.8 Å². The molecule has 23 heavy (non-hydrogen) atoms. The number of nitrogens with two attached hydrogens (primary N) is 1. The molecule has 1 unspecified atom stereocenters. The summed E-state index contributed by atoms with van der Waals surface area (Å²) in [5.74, 6) is 0.0169. The molecular formula is C13H17N5O5. The molecule has 0 saturated carbocycles. The largest absolute Gasteiger partial charge is 0.381 e. The average molecular weight is 323 g/mol. The number of rotatable bonds is 4. The predicted octanol–water partition coefficient (Wildman–Crippen LogP) is -0.970. The van der Waals surface area contributed by atoms with Crippen LogP contribution in [0.5, 0.6) is 0 Å². The van der Waals surface area contributed by atoms with Crippen molar-refractivity contribution in [2.45, 2.75) is 24.0 Å². The van der Waals surface area contributed by atoms with Gasteiger partial charge in [-0.05, 0) is 0 Å². The van der Waals surface area contributed by atoms with Gasteiger partial charge in [0.1, 0.15) is 17.8 Å². The first-order valence-electron chi connectivity index (χ1n) is 7.13. The molecule has 4 rings (SSSR count). The van der Waals surface area contributed by atoms with Crippen molar-refractivity contribution in [2.75, 3.05) is 33.2 Å². The summed E-state index contributed by atoms with van der Waals surface area (Å²) in [4.78, 5) is 22.6. The van der Waals surface area contributed by atoms with Crippen LogP contribution < -0.4 is 11.3 Å². The number of aromatic nitrogens is 4. The highest BCUT2D eigenvalue weighted by atomic mass is 16.7. The number of nitrogens with zero attached hydrogens (tertiary/aromatic N) is 3. The summed E-state index contributed by atoms with van der Waals surface area (Å²) < 4.78 is 24.5. The maximum absolute atomic E-state index is 11.9. The van der Waals surface area contributed by atoms with Crippen LogP contribution in [0.1, 0.15) is 6.23 Å². The van der Waals surface area contributed by atoms with E-state index in [1.165, 1.54) is 6.33 Å². The van der Waals surface area contributed by atoms with Crippen LogP contribution in [0.25, 0.3) is 11.2 Å². The van der Waals surface area contributed by atoms with Crippen molar-refractivity contribution in [3.8, 4) is 0 Å². The fourth-order valence-corrected chi connectivity index (χ4v) is 3.44. The maximum Gasteiger partial charge on any atom is 0.280 e. The summed E-state index contributed by atoms with van der Waals surface area (Å²) in [7, 11) is 3.20. The van der Waals surface area contributed by atoms with Gasteiger partial charge in [-0.25, -0.2) is 4.98 Å². The Morgan fingerprint density at radius 1 is 1.57 bits per heavy atom. The van der Waals surface area contributed by atoms with Crippen LogP contribution in [0.15, 0.2) is 11.1 Å². The van der Waals surface area contributed by atoms with E-state index in [9.17, 15) is 4.79 Å². The number of nitrogens with one attached hydrogen (secondary N) is 1.